The van der Waals surface area contributed by atoms with Gasteiger partial charge in [0, 0.05) is 10.0 Å². The molecule has 0 radical (unpaired) electrons. The molecule has 0 aromatic heterocycles. The molecule has 0 saturated carbocycles. The van der Waals surface area contributed by atoms with Crippen LogP contribution >= 0.6 is 31.9 Å². The minimum atomic E-state index is -1.09. The molecule has 0 aliphatic carbocycles. The molecule has 110 valence electrons. The molecule has 0 fully saturated rings. The van der Waals surface area contributed by atoms with Crippen LogP contribution in [0.2, 0.25) is 0 Å². The minimum absolute atomic E-state index is 0.202. The van der Waals surface area contributed by atoms with E-state index in [1.807, 2.05) is 0 Å². The van der Waals surface area contributed by atoms with Gasteiger partial charge in [0.1, 0.15) is 25.1 Å². The number of ether oxygens (including phenoxy) is 2. The van der Waals surface area contributed by atoms with Gasteiger partial charge in [-0.15, -0.1) is 0 Å². The molecule has 1 aliphatic heterocycles. The van der Waals surface area contributed by atoms with Crippen LogP contribution in [-0.4, -0.2) is 18.3 Å². The van der Waals surface area contributed by atoms with Crippen molar-refractivity contribution in [2.24, 2.45) is 0 Å². The van der Waals surface area contributed by atoms with Crippen molar-refractivity contribution in [1.29, 1.82) is 0 Å². The van der Waals surface area contributed by atoms with Gasteiger partial charge in [0.05, 0.1) is 4.47 Å². The predicted molar refractivity (Wildman–Crippen MR) is 83.3 cm³/mol. The van der Waals surface area contributed by atoms with Gasteiger partial charge >= 0.3 is 0 Å². The first-order valence-electron chi connectivity index (χ1n) is 6.28. The van der Waals surface area contributed by atoms with Crippen LogP contribution in [0.5, 0.6) is 11.5 Å². The highest BCUT2D eigenvalue weighted by Gasteiger charge is 2.21. The maximum atomic E-state index is 13.9. The number of benzene rings is 2. The lowest BCUT2D eigenvalue weighted by Crippen LogP contribution is -2.16. The van der Waals surface area contributed by atoms with Crippen LogP contribution in [0.15, 0.2) is 39.3 Å². The third-order valence-electron chi connectivity index (χ3n) is 3.19. The highest BCUT2D eigenvalue weighted by molar-refractivity contribution is 9.10. The molecule has 2 aromatic carbocycles. The van der Waals surface area contributed by atoms with Crippen molar-refractivity contribution in [2.75, 3.05) is 13.2 Å². The number of aliphatic hydroxyl groups is 1. The smallest absolute Gasteiger partial charge is 0.175 e. The van der Waals surface area contributed by atoms with Gasteiger partial charge in [-0.3, -0.25) is 0 Å². The summed E-state index contributed by atoms with van der Waals surface area (Å²) in [6.45, 7) is 0.929. The average molecular weight is 418 g/mol. The lowest BCUT2D eigenvalue weighted by Gasteiger charge is -2.22. The Morgan fingerprint density at radius 2 is 1.86 bits per heavy atom. The summed E-state index contributed by atoms with van der Waals surface area (Å²) in [6, 6.07) is 7.84. The van der Waals surface area contributed by atoms with Crippen molar-refractivity contribution in [1.82, 2.24) is 0 Å². The summed E-state index contributed by atoms with van der Waals surface area (Å²) in [5.41, 5.74) is 0.732. The van der Waals surface area contributed by atoms with Crippen LogP contribution in [0, 0.1) is 5.82 Å². The van der Waals surface area contributed by atoms with Crippen LogP contribution in [0.1, 0.15) is 17.2 Å². The zero-order valence-corrected chi connectivity index (χ0v) is 13.9. The molecule has 1 unspecified atom stereocenters. The molecular weight excluding hydrogens is 407 g/mol. The Kier molecular flexibility index (Phi) is 4.19. The average Bonchev–Trinajstić information content (AvgIpc) is 2.49. The van der Waals surface area contributed by atoms with Gasteiger partial charge in [0.15, 0.2) is 11.5 Å². The van der Waals surface area contributed by atoms with E-state index < -0.39 is 11.9 Å². The second-order valence-corrected chi connectivity index (χ2v) is 6.37. The summed E-state index contributed by atoms with van der Waals surface area (Å²) in [5, 5.41) is 10.4. The number of halogens is 3. The standard InChI is InChI=1S/C15H11Br2FO3/c16-9-1-2-12(18)10(7-9)14(19)8-5-11(17)15-13(6-8)20-3-4-21-15/h1-2,5-7,14,19H,3-4H2. The third kappa shape index (κ3) is 2.93. The summed E-state index contributed by atoms with van der Waals surface area (Å²) in [4.78, 5) is 0. The normalized spacial score (nSPS) is 14.9. The Labute approximate surface area is 137 Å². The van der Waals surface area contributed by atoms with Crippen molar-refractivity contribution in [3.63, 3.8) is 0 Å². The number of rotatable bonds is 2. The fraction of sp³-hybridized carbons (Fsp3) is 0.200. The quantitative estimate of drug-likeness (QED) is 0.795. The van der Waals surface area contributed by atoms with Crippen molar-refractivity contribution < 1.29 is 19.0 Å². The maximum Gasteiger partial charge on any atom is 0.175 e. The Morgan fingerprint density at radius 1 is 1.10 bits per heavy atom. The van der Waals surface area contributed by atoms with Gasteiger partial charge in [-0.2, -0.15) is 0 Å². The highest BCUT2D eigenvalue weighted by atomic mass is 79.9. The molecule has 0 spiro atoms. The number of aliphatic hydroxyl groups excluding tert-OH is 1. The van der Waals surface area contributed by atoms with E-state index in [2.05, 4.69) is 31.9 Å². The molecule has 0 amide bonds. The number of hydrogen-bond donors (Lipinski definition) is 1. The lowest BCUT2D eigenvalue weighted by molar-refractivity contribution is 0.168. The zero-order chi connectivity index (χ0) is 15.0. The van der Waals surface area contributed by atoms with E-state index in [0.29, 0.717) is 39.2 Å². The first-order valence-corrected chi connectivity index (χ1v) is 7.87. The van der Waals surface area contributed by atoms with Gasteiger partial charge in [0.2, 0.25) is 0 Å². The van der Waals surface area contributed by atoms with Gasteiger partial charge in [-0.25, -0.2) is 4.39 Å². The van der Waals surface area contributed by atoms with Crippen molar-refractivity contribution >= 4 is 31.9 Å². The first-order chi connectivity index (χ1) is 10.1. The molecule has 3 rings (SSSR count). The summed E-state index contributed by atoms with van der Waals surface area (Å²) < 4.78 is 26.3. The summed E-state index contributed by atoms with van der Waals surface area (Å²) in [5.74, 6) is 0.684. The van der Waals surface area contributed by atoms with Crippen LogP contribution in [0.25, 0.3) is 0 Å². The van der Waals surface area contributed by atoms with Crippen LogP contribution in [0.4, 0.5) is 4.39 Å². The molecular formula is C15H11Br2FO3. The van der Waals surface area contributed by atoms with Crippen molar-refractivity contribution in [3.05, 3.63) is 56.2 Å². The second-order valence-electron chi connectivity index (χ2n) is 4.60. The summed E-state index contributed by atoms with van der Waals surface area (Å²) in [6.07, 6.45) is -1.09. The molecule has 21 heavy (non-hydrogen) atoms. The molecule has 0 saturated heterocycles. The number of hydrogen-bond acceptors (Lipinski definition) is 3. The molecule has 0 bridgehead atoms. The van der Waals surface area contributed by atoms with Crippen molar-refractivity contribution in [3.8, 4) is 11.5 Å². The minimum Gasteiger partial charge on any atom is -0.486 e. The lowest BCUT2D eigenvalue weighted by atomic mass is 10.0. The van der Waals surface area contributed by atoms with Crippen LogP contribution in [-0.2, 0) is 0 Å². The van der Waals surface area contributed by atoms with E-state index in [4.69, 9.17) is 9.47 Å². The van der Waals surface area contributed by atoms with Crippen LogP contribution in [0.3, 0.4) is 0 Å². The molecule has 6 heteroatoms. The third-order valence-corrected chi connectivity index (χ3v) is 4.27. The van der Waals surface area contributed by atoms with Gasteiger partial charge < -0.3 is 14.6 Å². The molecule has 1 N–H and O–H groups in total. The van der Waals surface area contributed by atoms with E-state index in [9.17, 15) is 9.50 Å². The summed E-state index contributed by atoms with van der Waals surface area (Å²) >= 11 is 6.67. The van der Waals surface area contributed by atoms with E-state index in [-0.39, 0.29) is 5.56 Å². The van der Waals surface area contributed by atoms with Gasteiger partial charge in [-0.05, 0) is 51.8 Å². The van der Waals surface area contributed by atoms with Crippen molar-refractivity contribution in [2.45, 2.75) is 6.10 Å². The maximum absolute atomic E-state index is 13.9. The Hall–Kier alpha value is -1.11. The Bertz CT molecular complexity index is 691. The molecule has 1 aliphatic rings. The van der Waals surface area contributed by atoms with Gasteiger partial charge in [-0.1, -0.05) is 15.9 Å². The van der Waals surface area contributed by atoms with Gasteiger partial charge in [0.25, 0.3) is 0 Å². The SMILES string of the molecule is OC(c1cc(Br)c2c(c1)OCCO2)c1cc(Br)ccc1F. The summed E-state index contributed by atoms with van der Waals surface area (Å²) in [7, 11) is 0. The van der Waals surface area contributed by atoms with E-state index in [1.165, 1.54) is 6.07 Å². The van der Waals surface area contributed by atoms with E-state index in [0.717, 1.165) is 0 Å². The number of fused-ring (bicyclic) bond motifs is 1. The molecule has 1 atom stereocenters. The second kappa shape index (κ2) is 5.94. The molecule has 1 heterocycles. The monoisotopic (exact) mass is 416 g/mol. The van der Waals surface area contributed by atoms with E-state index >= 15 is 0 Å². The Morgan fingerprint density at radius 3 is 2.67 bits per heavy atom. The fourth-order valence-electron chi connectivity index (χ4n) is 2.19. The molecule has 3 nitrogen and oxygen atoms in total. The zero-order valence-electron chi connectivity index (χ0n) is 10.8. The highest BCUT2D eigenvalue weighted by Crippen LogP contribution is 2.41. The Balaban J connectivity index is 2.03. The van der Waals surface area contributed by atoms with Crippen LogP contribution < -0.4 is 9.47 Å². The largest absolute Gasteiger partial charge is 0.486 e. The fourth-order valence-corrected chi connectivity index (χ4v) is 3.15. The first kappa shape index (κ1) is 14.8. The predicted octanol–water partition coefficient (Wildman–Crippen LogP) is 4.20. The topological polar surface area (TPSA) is 38.7 Å². The molecule has 2 aromatic rings. The van der Waals surface area contributed by atoms with E-state index in [1.54, 1.807) is 24.3 Å².